The summed E-state index contributed by atoms with van der Waals surface area (Å²) in [6.07, 6.45) is 31.7. The average Bonchev–Trinajstić information content (AvgIpc) is 3.10. The summed E-state index contributed by atoms with van der Waals surface area (Å²) in [6.45, 7) is 50.6. The van der Waals surface area contributed by atoms with E-state index in [2.05, 4.69) is 152 Å². The Morgan fingerprint density at radius 3 is 0.415 bits per heavy atom. The van der Waals surface area contributed by atoms with Gasteiger partial charge >= 0.3 is 0 Å². The smallest absolute Gasteiger partial charge is 0.0647 e. The van der Waals surface area contributed by atoms with Gasteiger partial charge in [0, 0.05) is 0 Å². The van der Waals surface area contributed by atoms with Gasteiger partial charge in [0.2, 0.25) is 0 Å². The van der Waals surface area contributed by atoms with Gasteiger partial charge in [-0.3, -0.25) is 0 Å². The maximum atomic E-state index is 4.22. The molecule has 0 atom stereocenters. The van der Waals surface area contributed by atoms with E-state index in [0.717, 1.165) is 72.5 Å². The summed E-state index contributed by atoms with van der Waals surface area (Å²) in [5.41, 5.74) is 0. The van der Waals surface area contributed by atoms with Gasteiger partial charge in [0.15, 0.2) is 0 Å². The summed E-state index contributed by atoms with van der Waals surface area (Å²) in [4.78, 5) is 0. The number of rotatable bonds is 40. The van der Waals surface area contributed by atoms with E-state index in [0.29, 0.717) is 0 Å². The lowest BCUT2D eigenvalue weighted by Crippen LogP contribution is -2.39. The summed E-state index contributed by atoms with van der Waals surface area (Å²) in [7, 11) is -8.04. The highest BCUT2D eigenvalue weighted by Gasteiger charge is 2.38. The number of allylic oxidation sites excluding steroid dienone is 12. The van der Waals surface area contributed by atoms with Crippen LogP contribution in [-0.2, 0) is 0 Å². The highest BCUT2D eigenvalue weighted by molar-refractivity contribution is 6.84. The van der Waals surface area contributed by atoms with Crippen LogP contribution in [0, 0.1) is 0 Å². The first-order valence-corrected chi connectivity index (χ1v) is 35.0. The van der Waals surface area contributed by atoms with Crippen molar-refractivity contribution >= 4 is 40.4 Å². The van der Waals surface area contributed by atoms with E-state index >= 15 is 0 Å². The van der Waals surface area contributed by atoms with Crippen LogP contribution in [0.4, 0.5) is 0 Å². The van der Waals surface area contributed by atoms with Crippen LogP contribution in [0.15, 0.2) is 152 Å². The molecule has 0 unspecified atom stereocenters. The van der Waals surface area contributed by atoms with Crippen molar-refractivity contribution in [2.24, 2.45) is 0 Å². The molecule has 53 heavy (non-hydrogen) atoms. The zero-order valence-corrected chi connectivity index (χ0v) is 39.9. The van der Waals surface area contributed by atoms with Crippen LogP contribution in [0.2, 0.25) is 121 Å². The zero-order valence-electron chi connectivity index (χ0n) is 34.9. The second-order valence-electron chi connectivity index (χ2n) is 16.8. The van der Waals surface area contributed by atoms with Crippen LogP contribution in [0.3, 0.4) is 0 Å². The van der Waals surface area contributed by atoms with Crippen LogP contribution in [0.25, 0.3) is 0 Å². The van der Waals surface area contributed by atoms with Gasteiger partial charge in [-0.05, 0) is 72.5 Å². The third kappa shape index (κ3) is 18.9. The predicted molar refractivity (Wildman–Crippen MR) is 266 cm³/mol. The minimum atomic E-state index is -1.69. The molecule has 5 heteroatoms. The third-order valence-corrected chi connectivity index (χ3v) is 37.8. The maximum Gasteiger partial charge on any atom is 0.0647 e. The Morgan fingerprint density at radius 2 is 0.302 bits per heavy atom. The topological polar surface area (TPSA) is 0 Å². The van der Waals surface area contributed by atoms with E-state index in [9.17, 15) is 0 Å². The molecule has 0 aromatic rings. The maximum absolute atomic E-state index is 4.22. The molecule has 0 aromatic heterocycles. The van der Waals surface area contributed by atoms with Crippen molar-refractivity contribution < 1.29 is 0 Å². The highest BCUT2D eigenvalue weighted by atomic mass is 28.3. The lowest BCUT2D eigenvalue weighted by Gasteiger charge is -2.38. The first kappa shape index (κ1) is 51.0. The fraction of sp³-hybridized carbons (Fsp3) is 0.500. The van der Waals surface area contributed by atoms with E-state index in [1.54, 1.807) is 0 Å². The fourth-order valence-corrected chi connectivity index (χ4v) is 32.1. The van der Waals surface area contributed by atoms with Gasteiger partial charge in [0.25, 0.3) is 0 Å². The molecule has 0 heterocycles. The molecule has 296 valence electrons. The summed E-state index contributed by atoms with van der Waals surface area (Å²) in [6, 6.07) is 25.2. The molecule has 0 saturated heterocycles. The molecule has 0 fully saturated rings. The summed E-state index contributed by atoms with van der Waals surface area (Å²) in [5.74, 6) is 0. The Balaban J connectivity index is 7.05. The highest BCUT2D eigenvalue weighted by Crippen LogP contribution is 2.42. The Morgan fingerprint density at radius 1 is 0.189 bits per heavy atom. The molecule has 0 amide bonds. The van der Waals surface area contributed by atoms with Crippen molar-refractivity contribution in [3.63, 3.8) is 0 Å². The molecule has 0 spiro atoms. The second kappa shape index (κ2) is 29.3. The monoisotopic (exact) mass is 801 g/mol. The standard InChI is InChI=1S/C48H84Si5/c1-13-29-49(30-14-2,31-15-3)41-25-45-53(46-26-42-50(32-16-4,33-17-5)34-18-6,47-27-43-51(35-19-7,36-20-8)37-21-9)48-28-44-52(38-22-10,39-23-11)40-24-12/h13-24H,1-12,25-48H2. The molecule has 0 N–H and O–H groups in total. The lowest BCUT2D eigenvalue weighted by atomic mass is 10.5. The van der Waals surface area contributed by atoms with Crippen LogP contribution >= 0.6 is 0 Å². The number of hydrogen-bond donors (Lipinski definition) is 0. The SMILES string of the molecule is C=CC[Si](CC=C)(CC=C)CCC[Si](CCC[Si](CC=C)(CC=C)CC=C)(CCC[Si](CC=C)(CC=C)CC=C)CCC[Si](CC=C)(CC=C)CC=C. The van der Waals surface area contributed by atoms with Crippen LogP contribution in [0.5, 0.6) is 0 Å². The molecule has 0 bridgehead atoms. The van der Waals surface area contributed by atoms with Crippen LogP contribution < -0.4 is 0 Å². The first-order valence-electron chi connectivity index (χ1n) is 20.9. The molecule has 0 aliphatic carbocycles. The van der Waals surface area contributed by atoms with Gasteiger partial charge in [-0.2, -0.15) is 0 Å². The van der Waals surface area contributed by atoms with Crippen LogP contribution in [0.1, 0.15) is 25.7 Å². The van der Waals surface area contributed by atoms with Crippen molar-refractivity contribution in [2.75, 3.05) is 0 Å². The van der Waals surface area contributed by atoms with Crippen molar-refractivity contribution in [3.05, 3.63) is 152 Å². The van der Waals surface area contributed by atoms with Gasteiger partial charge in [0.05, 0.1) is 40.4 Å². The molecule has 0 aromatic carbocycles. The molecule has 0 saturated carbocycles. The molecule has 0 aliphatic rings. The predicted octanol–water partition coefficient (Wildman–Crippen LogP) is 17.0. The van der Waals surface area contributed by atoms with E-state index in [4.69, 9.17) is 0 Å². The lowest BCUT2D eigenvalue weighted by molar-refractivity contribution is 0.854. The molecule has 0 radical (unpaired) electrons. The molecule has 0 rings (SSSR count). The van der Waals surface area contributed by atoms with Crippen molar-refractivity contribution in [1.29, 1.82) is 0 Å². The summed E-state index contributed by atoms with van der Waals surface area (Å²) < 4.78 is 0. The first-order chi connectivity index (χ1) is 25.6. The Hall–Kier alpha value is -2.04. The van der Waals surface area contributed by atoms with Gasteiger partial charge in [-0.1, -0.05) is 147 Å². The average molecular weight is 802 g/mol. The van der Waals surface area contributed by atoms with Crippen molar-refractivity contribution in [2.45, 2.75) is 147 Å². The van der Waals surface area contributed by atoms with Crippen LogP contribution in [-0.4, -0.2) is 40.4 Å². The normalized spacial score (nSPS) is 12.2. The fourth-order valence-electron chi connectivity index (χ4n) is 10.0. The molecular weight excluding hydrogens is 717 g/mol. The van der Waals surface area contributed by atoms with Gasteiger partial charge in [0.1, 0.15) is 0 Å². The Labute approximate surface area is 337 Å². The Bertz CT molecular complexity index is 871. The minimum absolute atomic E-state index is 1.16. The molecule has 0 aliphatic heterocycles. The second-order valence-corrected chi connectivity index (χ2v) is 40.7. The van der Waals surface area contributed by atoms with Crippen molar-refractivity contribution in [3.8, 4) is 0 Å². The largest absolute Gasteiger partial charge is 0.103 e. The minimum Gasteiger partial charge on any atom is -0.103 e. The van der Waals surface area contributed by atoms with E-state index < -0.39 is 40.4 Å². The zero-order chi connectivity index (χ0) is 40.0. The van der Waals surface area contributed by atoms with Gasteiger partial charge < -0.3 is 0 Å². The summed E-state index contributed by atoms with van der Waals surface area (Å²) in [5, 5.41) is 0. The van der Waals surface area contributed by atoms with Gasteiger partial charge in [-0.15, -0.1) is 78.9 Å². The van der Waals surface area contributed by atoms with Crippen molar-refractivity contribution in [1.82, 2.24) is 0 Å². The van der Waals surface area contributed by atoms with E-state index in [1.165, 1.54) is 74.0 Å². The number of hydrogen-bond acceptors (Lipinski definition) is 0. The van der Waals surface area contributed by atoms with E-state index in [1.807, 2.05) is 0 Å². The third-order valence-electron chi connectivity index (χ3n) is 12.6. The summed E-state index contributed by atoms with van der Waals surface area (Å²) >= 11 is 0. The van der Waals surface area contributed by atoms with E-state index in [-0.39, 0.29) is 0 Å². The van der Waals surface area contributed by atoms with Gasteiger partial charge in [-0.25, -0.2) is 0 Å². The molecular formula is C48H84Si5. The molecule has 0 nitrogen and oxygen atoms in total. The Kier molecular flexibility index (Phi) is 28.2. The quantitative estimate of drug-likeness (QED) is 0.0428.